The van der Waals surface area contributed by atoms with E-state index >= 15 is 0 Å². The van der Waals surface area contributed by atoms with Crippen molar-refractivity contribution in [2.45, 2.75) is 37.8 Å². The monoisotopic (exact) mass is 310 g/mol. The minimum absolute atomic E-state index is 0.0783. The normalized spacial score (nSPS) is 22.7. The number of carbonyl (C=O) groups excluding carboxylic acids is 1. The maximum absolute atomic E-state index is 14.0. The van der Waals surface area contributed by atoms with Crippen LogP contribution < -0.4 is 5.32 Å². The Bertz CT molecular complexity index is 575. The Labute approximate surface area is 128 Å². The summed E-state index contributed by atoms with van der Waals surface area (Å²) >= 11 is 0. The second-order valence-electron chi connectivity index (χ2n) is 5.98. The highest BCUT2D eigenvalue weighted by atomic mass is 19.1. The first-order chi connectivity index (χ1) is 10.5. The zero-order valence-corrected chi connectivity index (χ0v) is 12.6. The number of benzene rings is 1. The molecular formula is C16H20F2N2O2. The van der Waals surface area contributed by atoms with Gasteiger partial charge >= 0.3 is 6.09 Å². The highest BCUT2D eigenvalue weighted by Crippen LogP contribution is 2.47. The van der Waals surface area contributed by atoms with Gasteiger partial charge in [-0.25, -0.2) is 13.6 Å². The van der Waals surface area contributed by atoms with E-state index in [2.05, 4.69) is 5.32 Å². The number of hydrogen-bond donors (Lipinski definition) is 1. The number of nitrogens with zero attached hydrogens (tertiary/aromatic N) is 1. The van der Waals surface area contributed by atoms with Gasteiger partial charge in [0, 0.05) is 30.2 Å². The zero-order chi connectivity index (χ0) is 15.7. The first-order valence-electron chi connectivity index (χ1n) is 7.69. The fourth-order valence-corrected chi connectivity index (χ4v) is 3.13. The number of hydrogen-bond acceptors (Lipinski definition) is 3. The number of likely N-dealkylation sites (tertiary alicyclic amines) is 1. The molecule has 1 amide bonds. The summed E-state index contributed by atoms with van der Waals surface area (Å²) in [4.78, 5) is 13.4. The minimum Gasteiger partial charge on any atom is -0.450 e. The number of halogens is 2. The third kappa shape index (κ3) is 2.92. The second-order valence-corrected chi connectivity index (χ2v) is 5.98. The van der Waals surface area contributed by atoms with Crippen molar-refractivity contribution in [2.75, 3.05) is 19.7 Å². The summed E-state index contributed by atoms with van der Waals surface area (Å²) in [6.07, 6.45) is 2.04. The molecule has 1 aliphatic carbocycles. The summed E-state index contributed by atoms with van der Waals surface area (Å²) in [5.74, 6) is -0.810. The number of amides is 1. The molecule has 0 radical (unpaired) electrons. The number of nitrogens with one attached hydrogen (secondary N) is 1. The van der Waals surface area contributed by atoms with Gasteiger partial charge in [0.2, 0.25) is 0 Å². The lowest BCUT2D eigenvalue weighted by atomic mass is 10.0. The van der Waals surface area contributed by atoms with Gasteiger partial charge in [-0.3, -0.25) is 0 Å². The zero-order valence-electron chi connectivity index (χ0n) is 12.6. The van der Waals surface area contributed by atoms with Crippen molar-refractivity contribution in [2.24, 2.45) is 0 Å². The van der Waals surface area contributed by atoms with Crippen LogP contribution in [-0.4, -0.2) is 36.7 Å². The Morgan fingerprint density at radius 2 is 2.23 bits per heavy atom. The number of rotatable bonds is 4. The van der Waals surface area contributed by atoms with Crippen molar-refractivity contribution in [3.63, 3.8) is 0 Å². The molecule has 1 aromatic rings. The SMILES string of the molecule is CCOC(=O)N1CC[C@@H](NC2(c3cc(F)ccc3F)CC2)C1. The quantitative estimate of drug-likeness (QED) is 0.930. The predicted molar refractivity (Wildman–Crippen MR) is 77.4 cm³/mol. The van der Waals surface area contributed by atoms with E-state index in [4.69, 9.17) is 4.74 Å². The van der Waals surface area contributed by atoms with Crippen LogP contribution in [0.2, 0.25) is 0 Å². The lowest BCUT2D eigenvalue weighted by Gasteiger charge is -2.24. The van der Waals surface area contributed by atoms with Crippen LogP contribution in [0.3, 0.4) is 0 Å². The van der Waals surface area contributed by atoms with Crippen LogP contribution in [0.4, 0.5) is 13.6 Å². The van der Waals surface area contributed by atoms with Crippen molar-refractivity contribution in [1.82, 2.24) is 10.2 Å². The summed E-state index contributed by atoms with van der Waals surface area (Å²) in [6, 6.07) is 3.65. The molecule has 1 aliphatic heterocycles. The highest BCUT2D eigenvalue weighted by molar-refractivity contribution is 5.68. The van der Waals surface area contributed by atoms with Crippen LogP contribution in [0.5, 0.6) is 0 Å². The molecule has 1 saturated carbocycles. The molecule has 4 nitrogen and oxygen atoms in total. The fraction of sp³-hybridized carbons (Fsp3) is 0.562. The van der Waals surface area contributed by atoms with Gasteiger partial charge < -0.3 is 15.0 Å². The van der Waals surface area contributed by atoms with E-state index in [1.165, 1.54) is 12.1 Å². The van der Waals surface area contributed by atoms with Gasteiger partial charge in [-0.2, -0.15) is 0 Å². The van der Waals surface area contributed by atoms with Gasteiger partial charge in [-0.15, -0.1) is 0 Å². The Morgan fingerprint density at radius 3 is 2.91 bits per heavy atom. The molecule has 2 fully saturated rings. The molecule has 1 atom stereocenters. The van der Waals surface area contributed by atoms with Crippen LogP contribution in [0.25, 0.3) is 0 Å². The van der Waals surface area contributed by atoms with E-state index in [1.54, 1.807) is 11.8 Å². The van der Waals surface area contributed by atoms with Gasteiger partial charge in [0.15, 0.2) is 0 Å². The van der Waals surface area contributed by atoms with E-state index in [0.29, 0.717) is 25.3 Å². The van der Waals surface area contributed by atoms with E-state index in [1.807, 2.05) is 0 Å². The molecule has 0 bridgehead atoms. The summed E-state index contributed by atoms with van der Waals surface area (Å²) < 4.78 is 32.4. The Morgan fingerprint density at radius 1 is 1.45 bits per heavy atom. The molecule has 6 heteroatoms. The maximum atomic E-state index is 14.0. The standard InChI is InChI=1S/C16H20F2N2O2/c1-2-22-15(21)20-8-5-12(10-20)19-16(6-7-16)13-9-11(17)3-4-14(13)18/h3-4,9,12,19H,2,5-8,10H2,1H3/t12-/m1/s1. The molecule has 22 heavy (non-hydrogen) atoms. The van der Waals surface area contributed by atoms with Gasteiger partial charge in [0.05, 0.1) is 6.61 Å². The lowest BCUT2D eigenvalue weighted by Crippen LogP contribution is -2.41. The van der Waals surface area contributed by atoms with E-state index in [9.17, 15) is 13.6 Å². The van der Waals surface area contributed by atoms with Crippen molar-refractivity contribution < 1.29 is 18.3 Å². The van der Waals surface area contributed by atoms with Gasteiger partial charge in [0.1, 0.15) is 11.6 Å². The second kappa shape index (κ2) is 5.83. The lowest BCUT2D eigenvalue weighted by molar-refractivity contribution is 0.114. The highest BCUT2D eigenvalue weighted by Gasteiger charge is 2.48. The Balaban J connectivity index is 1.66. The molecule has 120 valence electrons. The van der Waals surface area contributed by atoms with E-state index in [0.717, 1.165) is 25.3 Å². The summed E-state index contributed by atoms with van der Waals surface area (Å²) in [5.41, 5.74) is -0.0938. The molecule has 3 rings (SSSR count). The van der Waals surface area contributed by atoms with Crippen molar-refractivity contribution in [3.05, 3.63) is 35.4 Å². The molecule has 2 aliphatic rings. The minimum atomic E-state index is -0.485. The number of carbonyl (C=O) groups is 1. The van der Waals surface area contributed by atoms with E-state index < -0.39 is 11.4 Å². The fourth-order valence-electron chi connectivity index (χ4n) is 3.13. The smallest absolute Gasteiger partial charge is 0.409 e. The average Bonchev–Trinajstić information content (AvgIpc) is 3.11. The topological polar surface area (TPSA) is 41.6 Å². The maximum Gasteiger partial charge on any atom is 0.409 e. The molecule has 1 aromatic carbocycles. The van der Waals surface area contributed by atoms with E-state index in [-0.39, 0.29) is 18.0 Å². The Hall–Kier alpha value is -1.69. The van der Waals surface area contributed by atoms with Crippen molar-refractivity contribution in [3.8, 4) is 0 Å². The molecule has 1 saturated heterocycles. The van der Waals surface area contributed by atoms with Gasteiger partial charge in [0.25, 0.3) is 0 Å². The average molecular weight is 310 g/mol. The van der Waals surface area contributed by atoms with Crippen molar-refractivity contribution >= 4 is 6.09 Å². The van der Waals surface area contributed by atoms with Crippen LogP contribution in [0.15, 0.2) is 18.2 Å². The molecule has 0 spiro atoms. The van der Waals surface area contributed by atoms with Crippen LogP contribution in [-0.2, 0) is 10.3 Å². The van der Waals surface area contributed by atoms with Gasteiger partial charge in [-0.05, 0) is 44.4 Å². The van der Waals surface area contributed by atoms with Crippen LogP contribution >= 0.6 is 0 Å². The van der Waals surface area contributed by atoms with Gasteiger partial charge in [-0.1, -0.05) is 0 Å². The van der Waals surface area contributed by atoms with Crippen LogP contribution in [0.1, 0.15) is 31.7 Å². The molecule has 1 N–H and O–H groups in total. The van der Waals surface area contributed by atoms with Crippen molar-refractivity contribution in [1.29, 1.82) is 0 Å². The molecule has 1 heterocycles. The molecular weight excluding hydrogens is 290 g/mol. The van der Waals surface area contributed by atoms with Crippen LogP contribution in [0, 0.1) is 11.6 Å². The summed E-state index contributed by atoms with van der Waals surface area (Å²) in [5, 5.41) is 3.42. The largest absolute Gasteiger partial charge is 0.450 e. The summed E-state index contributed by atoms with van der Waals surface area (Å²) in [6.45, 7) is 3.29. The first kappa shape index (κ1) is 15.2. The molecule has 0 unspecified atom stereocenters. The third-order valence-corrected chi connectivity index (χ3v) is 4.39. The predicted octanol–water partition coefficient (Wildman–Crippen LogP) is 2.77. The third-order valence-electron chi connectivity index (χ3n) is 4.39. The summed E-state index contributed by atoms with van der Waals surface area (Å²) in [7, 11) is 0. The Kier molecular flexibility index (Phi) is 4.04. The number of ether oxygens (including phenoxy) is 1. The first-order valence-corrected chi connectivity index (χ1v) is 7.69. The molecule has 0 aromatic heterocycles.